The van der Waals surface area contributed by atoms with Crippen LogP contribution in [0.5, 0.6) is 0 Å². The van der Waals surface area contributed by atoms with E-state index >= 15 is 0 Å². The first kappa shape index (κ1) is 30.4. The van der Waals surface area contributed by atoms with Crippen LogP contribution in [0, 0.1) is 56.2 Å². The molecule has 0 aromatic carbocycles. The molecule has 0 heterocycles. The molecule has 218 valence electrons. The zero-order chi connectivity index (χ0) is 29.4. The summed E-state index contributed by atoms with van der Waals surface area (Å²) in [4.78, 5) is 27.0. The minimum absolute atomic E-state index is 0.0114. The Hall–Kier alpha value is -1.52. The van der Waals surface area contributed by atoms with E-state index in [0.717, 1.165) is 44.9 Å². The fourth-order valence-corrected chi connectivity index (χ4v) is 10.8. The lowest BCUT2D eigenvalue weighted by Gasteiger charge is -2.68. The van der Waals surface area contributed by atoms with E-state index in [9.17, 15) is 23.3 Å². The second-order valence-corrected chi connectivity index (χ2v) is 17.5. The monoisotopic (exact) mass is 558 g/mol. The maximum atomic E-state index is 13.8. The van der Waals surface area contributed by atoms with Crippen molar-refractivity contribution in [2.45, 2.75) is 119 Å². The SMILES string of the molecule is C[C@H]1C(=O)C[C@@H]2[C@@]3(C)C=C(C#N)C(=O)C(C)(C)[C@@H]3CC[C@@]2(C)[C@]1(C)CCC1(NS(C)(=O)=O)CCC(C)(C)CC1. The first-order valence-corrected chi connectivity index (χ1v) is 16.8. The molecule has 39 heavy (non-hydrogen) atoms. The molecule has 0 aromatic rings. The van der Waals surface area contributed by atoms with Gasteiger partial charge in [-0.15, -0.1) is 0 Å². The molecular formula is C32H50N2O4S. The van der Waals surface area contributed by atoms with Crippen molar-refractivity contribution in [1.82, 2.24) is 4.72 Å². The van der Waals surface area contributed by atoms with Crippen molar-refractivity contribution in [3.05, 3.63) is 11.6 Å². The molecule has 4 rings (SSSR count). The Morgan fingerprint density at radius 3 is 2.08 bits per heavy atom. The van der Waals surface area contributed by atoms with E-state index in [2.05, 4.69) is 52.3 Å². The third-order valence-electron chi connectivity index (χ3n) is 12.7. The number of allylic oxidation sites excluding steroid dienone is 2. The van der Waals surface area contributed by atoms with Crippen molar-refractivity contribution in [2.75, 3.05) is 6.26 Å². The Bertz CT molecular complexity index is 1230. The van der Waals surface area contributed by atoms with Gasteiger partial charge in [0.15, 0.2) is 5.78 Å². The molecule has 0 bridgehead atoms. The average molecular weight is 559 g/mol. The van der Waals surface area contributed by atoms with Crippen LogP contribution in [-0.2, 0) is 19.6 Å². The molecule has 4 aliphatic rings. The minimum Gasteiger partial charge on any atom is -0.299 e. The van der Waals surface area contributed by atoms with E-state index in [1.807, 2.05) is 19.9 Å². The number of hydrogen-bond acceptors (Lipinski definition) is 5. The summed E-state index contributed by atoms with van der Waals surface area (Å²) in [7, 11) is -3.40. The molecule has 4 aliphatic carbocycles. The van der Waals surface area contributed by atoms with Gasteiger partial charge in [-0.3, -0.25) is 9.59 Å². The standard InChI is InChI=1S/C32H50N2O4S/c1-21-23(35)18-25-29(6)19-22(20-33)26(36)28(4,5)24(29)10-11-31(25,8)30(21,7)14-17-32(34-39(9,37)38)15-12-27(2,3)13-16-32/h19,21,24-25,34H,10-18H2,1-9H3/t21-,24-,25+,29-,30+,31+/m0/s1. The van der Waals surface area contributed by atoms with Gasteiger partial charge in [0.1, 0.15) is 11.9 Å². The summed E-state index contributed by atoms with van der Waals surface area (Å²) >= 11 is 0. The van der Waals surface area contributed by atoms with Crippen molar-refractivity contribution in [1.29, 1.82) is 5.26 Å². The normalized spacial score (nSPS) is 41.1. The summed E-state index contributed by atoms with van der Waals surface area (Å²) in [6, 6.07) is 2.18. The molecule has 0 amide bonds. The predicted octanol–water partition coefficient (Wildman–Crippen LogP) is 6.37. The fourth-order valence-electron chi connectivity index (χ4n) is 9.72. The minimum atomic E-state index is -3.40. The number of Topliss-reactive ketones (excluding diaryl/α,β-unsaturated/α-hetero) is 2. The Morgan fingerprint density at radius 2 is 1.54 bits per heavy atom. The summed E-state index contributed by atoms with van der Waals surface area (Å²) in [6.45, 7) is 17.3. The number of hydrogen-bond donors (Lipinski definition) is 1. The number of nitrogens with zero attached hydrogens (tertiary/aromatic N) is 1. The third kappa shape index (κ3) is 4.76. The maximum absolute atomic E-state index is 13.8. The van der Waals surface area contributed by atoms with Crippen LogP contribution in [0.1, 0.15) is 113 Å². The quantitative estimate of drug-likeness (QED) is 0.422. The van der Waals surface area contributed by atoms with E-state index in [-0.39, 0.29) is 51.1 Å². The van der Waals surface area contributed by atoms with Crippen LogP contribution in [-0.4, -0.2) is 31.8 Å². The number of nitrogens with one attached hydrogen (secondary N) is 1. The number of rotatable bonds is 5. The molecule has 0 aliphatic heterocycles. The first-order chi connectivity index (χ1) is 17.7. The van der Waals surface area contributed by atoms with Gasteiger partial charge in [0.05, 0.1) is 11.8 Å². The number of carbonyl (C=O) groups excluding carboxylic acids is 2. The van der Waals surface area contributed by atoms with Crippen molar-refractivity contribution < 1.29 is 18.0 Å². The number of sulfonamides is 1. The molecule has 3 fully saturated rings. The van der Waals surface area contributed by atoms with Crippen LogP contribution in [0.25, 0.3) is 0 Å². The van der Waals surface area contributed by atoms with Crippen LogP contribution < -0.4 is 4.72 Å². The van der Waals surface area contributed by atoms with E-state index in [4.69, 9.17) is 0 Å². The molecule has 0 radical (unpaired) electrons. The van der Waals surface area contributed by atoms with Gasteiger partial charge < -0.3 is 0 Å². The largest absolute Gasteiger partial charge is 0.299 e. The molecule has 0 spiro atoms. The summed E-state index contributed by atoms with van der Waals surface area (Å²) in [5.74, 6) is 0.0998. The second kappa shape index (κ2) is 9.24. The van der Waals surface area contributed by atoms with Crippen LogP contribution in [0.3, 0.4) is 0 Å². The van der Waals surface area contributed by atoms with Gasteiger partial charge in [-0.2, -0.15) is 5.26 Å². The third-order valence-corrected chi connectivity index (χ3v) is 13.5. The van der Waals surface area contributed by atoms with Crippen LogP contribution in [0.4, 0.5) is 0 Å². The lowest BCUT2D eigenvalue weighted by molar-refractivity contribution is -0.187. The smallest absolute Gasteiger partial charge is 0.209 e. The van der Waals surface area contributed by atoms with E-state index < -0.39 is 26.4 Å². The first-order valence-electron chi connectivity index (χ1n) is 14.9. The highest BCUT2D eigenvalue weighted by Crippen LogP contribution is 2.71. The topological polar surface area (TPSA) is 104 Å². The van der Waals surface area contributed by atoms with Gasteiger partial charge in [-0.05, 0) is 84.9 Å². The molecular weight excluding hydrogens is 508 g/mol. The van der Waals surface area contributed by atoms with Gasteiger partial charge in [0.2, 0.25) is 10.0 Å². The summed E-state index contributed by atoms with van der Waals surface area (Å²) in [6.07, 6.45) is 10.4. The van der Waals surface area contributed by atoms with E-state index in [1.54, 1.807) is 0 Å². The maximum Gasteiger partial charge on any atom is 0.209 e. The Balaban J connectivity index is 1.75. The zero-order valence-corrected chi connectivity index (χ0v) is 26.5. The lowest BCUT2D eigenvalue weighted by atomic mass is 9.35. The Labute approximate surface area is 236 Å². The van der Waals surface area contributed by atoms with Crippen LogP contribution >= 0.6 is 0 Å². The molecule has 6 nitrogen and oxygen atoms in total. The molecule has 3 saturated carbocycles. The van der Waals surface area contributed by atoms with Crippen LogP contribution in [0.15, 0.2) is 11.6 Å². The van der Waals surface area contributed by atoms with Crippen molar-refractivity contribution in [2.24, 2.45) is 44.8 Å². The van der Waals surface area contributed by atoms with Crippen molar-refractivity contribution >= 4 is 21.6 Å². The van der Waals surface area contributed by atoms with Gasteiger partial charge >= 0.3 is 0 Å². The number of fused-ring (bicyclic) bond motifs is 3. The van der Waals surface area contributed by atoms with Gasteiger partial charge in [0.25, 0.3) is 0 Å². The van der Waals surface area contributed by atoms with Crippen LogP contribution in [0.2, 0.25) is 0 Å². The highest BCUT2D eigenvalue weighted by Gasteiger charge is 2.67. The predicted molar refractivity (Wildman–Crippen MR) is 154 cm³/mol. The Morgan fingerprint density at radius 1 is 0.949 bits per heavy atom. The average Bonchev–Trinajstić information content (AvgIpc) is 2.82. The highest BCUT2D eigenvalue weighted by molar-refractivity contribution is 7.88. The van der Waals surface area contributed by atoms with Gasteiger partial charge in [-0.1, -0.05) is 61.5 Å². The summed E-state index contributed by atoms with van der Waals surface area (Å²) in [5.41, 5.74) is -1.70. The number of nitriles is 1. The van der Waals surface area contributed by atoms with Crippen molar-refractivity contribution in [3.8, 4) is 6.07 Å². The molecule has 7 heteroatoms. The Kier molecular flexibility index (Phi) is 7.22. The fraction of sp³-hybridized carbons (Fsp3) is 0.844. The van der Waals surface area contributed by atoms with Gasteiger partial charge in [-0.25, -0.2) is 13.1 Å². The number of ketones is 2. The zero-order valence-electron chi connectivity index (χ0n) is 25.7. The van der Waals surface area contributed by atoms with Gasteiger partial charge in [0, 0.05) is 23.3 Å². The molecule has 1 N–H and O–H groups in total. The number of carbonyl (C=O) groups is 2. The molecule has 0 unspecified atom stereocenters. The lowest BCUT2D eigenvalue weighted by Crippen LogP contribution is -2.65. The van der Waals surface area contributed by atoms with E-state index in [0.29, 0.717) is 12.8 Å². The molecule has 0 aromatic heterocycles. The summed E-state index contributed by atoms with van der Waals surface area (Å²) in [5, 5.41) is 9.88. The second-order valence-electron chi connectivity index (χ2n) is 15.8. The molecule has 6 atom stereocenters. The molecule has 0 saturated heterocycles. The van der Waals surface area contributed by atoms with E-state index in [1.165, 1.54) is 6.26 Å². The van der Waals surface area contributed by atoms with Crippen molar-refractivity contribution in [3.63, 3.8) is 0 Å². The summed E-state index contributed by atoms with van der Waals surface area (Å²) < 4.78 is 28.1. The highest BCUT2D eigenvalue weighted by atomic mass is 32.2.